The van der Waals surface area contributed by atoms with E-state index in [0.717, 1.165) is 34.6 Å². The maximum absolute atomic E-state index is 12.5. The van der Waals surface area contributed by atoms with Crippen molar-refractivity contribution in [3.8, 4) is 0 Å². The third-order valence-corrected chi connectivity index (χ3v) is 6.28. The van der Waals surface area contributed by atoms with Crippen molar-refractivity contribution in [2.45, 2.75) is 10.8 Å². The number of anilines is 1. The lowest BCUT2D eigenvalue weighted by Gasteiger charge is -2.35. The highest BCUT2D eigenvalue weighted by atomic mass is 32.2. The molecule has 3 heterocycles. The van der Waals surface area contributed by atoms with E-state index in [2.05, 4.69) is 34.1 Å². The van der Waals surface area contributed by atoms with Crippen LogP contribution in [0.15, 0.2) is 65.3 Å². The Hall–Kier alpha value is -2.38. The predicted octanol–water partition coefficient (Wildman–Crippen LogP) is 3.79. The number of nitrogens with zero attached hydrogens (tertiary/aromatic N) is 4. The van der Waals surface area contributed by atoms with Crippen LogP contribution in [0, 0.1) is 0 Å². The lowest BCUT2D eigenvalue weighted by Crippen LogP contribution is -2.49. The lowest BCUT2D eigenvalue weighted by atomic mass is 10.2. The van der Waals surface area contributed by atoms with Crippen LogP contribution in [0.25, 0.3) is 0 Å². The topological polar surface area (TPSA) is 49.3 Å². The van der Waals surface area contributed by atoms with Gasteiger partial charge in [-0.05, 0) is 17.0 Å². The molecule has 0 bridgehead atoms. The molecule has 1 saturated heterocycles. The quantitative estimate of drug-likeness (QED) is 0.614. The summed E-state index contributed by atoms with van der Waals surface area (Å²) in [5, 5.41) is 2.87. The van der Waals surface area contributed by atoms with Crippen molar-refractivity contribution in [1.29, 1.82) is 0 Å². The molecule has 0 saturated carbocycles. The number of rotatable bonds is 5. The number of thioether (sulfide) groups is 1. The van der Waals surface area contributed by atoms with Crippen LogP contribution in [0.1, 0.15) is 15.2 Å². The van der Waals surface area contributed by atoms with Crippen LogP contribution in [0.4, 0.5) is 5.82 Å². The molecule has 4 rings (SSSR count). The van der Waals surface area contributed by atoms with E-state index in [1.54, 1.807) is 11.8 Å². The fourth-order valence-corrected chi connectivity index (χ4v) is 4.48. The summed E-state index contributed by atoms with van der Waals surface area (Å²) in [6, 6.07) is 14.2. The van der Waals surface area contributed by atoms with Crippen molar-refractivity contribution in [3.05, 3.63) is 70.7 Å². The smallest absolute Gasteiger partial charge is 0.264 e. The molecular formula is C20H20N4OS2. The molecule has 0 unspecified atom stereocenters. The van der Waals surface area contributed by atoms with Crippen molar-refractivity contribution in [2.75, 3.05) is 31.1 Å². The monoisotopic (exact) mass is 396 g/mol. The van der Waals surface area contributed by atoms with Crippen molar-refractivity contribution < 1.29 is 4.79 Å². The average molecular weight is 397 g/mol. The number of thiophene rings is 1. The van der Waals surface area contributed by atoms with E-state index in [1.807, 2.05) is 40.9 Å². The fourth-order valence-electron chi connectivity index (χ4n) is 2.99. The normalized spacial score (nSPS) is 14.4. The van der Waals surface area contributed by atoms with Crippen LogP contribution in [-0.2, 0) is 5.75 Å². The summed E-state index contributed by atoms with van der Waals surface area (Å²) in [6.07, 6.45) is 3.62. The van der Waals surface area contributed by atoms with Crippen LogP contribution in [0.2, 0.25) is 0 Å². The summed E-state index contributed by atoms with van der Waals surface area (Å²) in [6.45, 7) is 2.97. The second-order valence-electron chi connectivity index (χ2n) is 6.25. The molecule has 0 radical (unpaired) electrons. The summed E-state index contributed by atoms with van der Waals surface area (Å²) in [4.78, 5) is 26.5. The zero-order chi connectivity index (χ0) is 18.5. The van der Waals surface area contributed by atoms with Gasteiger partial charge < -0.3 is 9.80 Å². The van der Waals surface area contributed by atoms with Gasteiger partial charge in [0.15, 0.2) is 0 Å². The molecule has 1 aliphatic heterocycles. The van der Waals surface area contributed by atoms with Crippen LogP contribution < -0.4 is 4.90 Å². The van der Waals surface area contributed by atoms with Crippen molar-refractivity contribution in [3.63, 3.8) is 0 Å². The van der Waals surface area contributed by atoms with Gasteiger partial charge in [-0.1, -0.05) is 36.4 Å². The molecule has 1 fully saturated rings. The van der Waals surface area contributed by atoms with Gasteiger partial charge >= 0.3 is 0 Å². The fraction of sp³-hybridized carbons (Fsp3) is 0.250. The summed E-state index contributed by atoms with van der Waals surface area (Å²) < 4.78 is 0. The highest BCUT2D eigenvalue weighted by molar-refractivity contribution is 7.98. The molecule has 0 atom stereocenters. The Labute approximate surface area is 167 Å². The van der Waals surface area contributed by atoms with Crippen molar-refractivity contribution >= 4 is 34.8 Å². The van der Waals surface area contributed by atoms with E-state index in [9.17, 15) is 4.79 Å². The summed E-state index contributed by atoms with van der Waals surface area (Å²) in [7, 11) is 0. The van der Waals surface area contributed by atoms with Gasteiger partial charge in [-0.3, -0.25) is 9.78 Å². The zero-order valence-corrected chi connectivity index (χ0v) is 16.5. The largest absolute Gasteiger partial charge is 0.352 e. The second-order valence-corrected chi connectivity index (χ2v) is 8.19. The number of amides is 1. The van der Waals surface area contributed by atoms with Gasteiger partial charge in [0.1, 0.15) is 10.8 Å². The maximum Gasteiger partial charge on any atom is 0.264 e. The molecule has 1 aromatic carbocycles. The van der Waals surface area contributed by atoms with Gasteiger partial charge in [0, 0.05) is 31.9 Å². The average Bonchev–Trinajstić information content (AvgIpc) is 3.28. The van der Waals surface area contributed by atoms with E-state index in [-0.39, 0.29) is 5.91 Å². The number of carbonyl (C=O) groups is 1. The van der Waals surface area contributed by atoms with Crippen LogP contribution in [-0.4, -0.2) is 47.0 Å². The van der Waals surface area contributed by atoms with Gasteiger partial charge in [-0.25, -0.2) is 4.98 Å². The van der Waals surface area contributed by atoms with E-state index >= 15 is 0 Å². The number of benzene rings is 1. The molecule has 2 aromatic heterocycles. The minimum atomic E-state index is 0.128. The molecule has 0 N–H and O–H groups in total. The van der Waals surface area contributed by atoms with Gasteiger partial charge in [0.2, 0.25) is 0 Å². The molecule has 5 nitrogen and oxygen atoms in total. The molecule has 3 aromatic rings. The van der Waals surface area contributed by atoms with Crippen molar-refractivity contribution in [1.82, 2.24) is 14.9 Å². The molecule has 0 spiro atoms. The first kappa shape index (κ1) is 18.0. The van der Waals surface area contributed by atoms with Gasteiger partial charge in [0.05, 0.1) is 17.3 Å². The van der Waals surface area contributed by atoms with Crippen LogP contribution in [0.5, 0.6) is 0 Å². The first-order valence-corrected chi connectivity index (χ1v) is 10.7. The standard InChI is InChI=1S/C20H20N4OS2/c25-20(17-7-4-12-26-17)24-10-8-23(9-11-24)18-13-21-14-19(22-18)27-15-16-5-2-1-3-6-16/h1-7,12-14H,8-11,15H2. The van der Waals surface area contributed by atoms with Gasteiger partial charge in [-0.15, -0.1) is 23.1 Å². The van der Waals surface area contributed by atoms with E-state index in [1.165, 1.54) is 16.9 Å². The summed E-state index contributed by atoms with van der Waals surface area (Å²) >= 11 is 3.19. The highest BCUT2D eigenvalue weighted by Crippen LogP contribution is 2.23. The van der Waals surface area contributed by atoms with Gasteiger partial charge in [-0.2, -0.15) is 0 Å². The molecule has 27 heavy (non-hydrogen) atoms. The molecule has 1 amide bonds. The van der Waals surface area contributed by atoms with E-state index < -0.39 is 0 Å². The van der Waals surface area contributed by atoms with Crippen LogP contribution >= 0.6 is 23.1 Å². The SMILES string of the molecule is O=C(c1cccs1)N1CCN(c2cncc(SCc3ccccc3)n2)CC1. The first-order chi connectivity index (χ1) is 13.3. The molecular weight excluding hydrogens is 376 g/mol. The number of hydrogen-bond donors (Lipinski definition) is 0. The Morgan fingerprint density at radius 3 is 2.59 bits per heavy atom. The number of piperazine rings is 1. The Morgan fingerprint density at radius 1 is 1.04 bits per heavy atom. The van der Waals surface area contributed by atoms with E-state index in [0.29, 0.717) is 13.1 Å². The Bertz CT molecular complexity index is 878. The van der Waals surface area contributed by atoms with E-state index in [4.69, 9.17) is 4.98 Å². The summed E-state index contributed by atoms with van der Waals surface area (Å²) in [5.74, 6) is 1.89. The minimum absolute atomic E-state index is 0.128. The molecule has 1 aliphatic rings. The van der Waals surface area contributed by atoms with Gasteiger partial charge in [0.25, 0.3) is 5.91 Å². The Balaban J connectivity index is 1.35. The third kappa shape index (κ3) is 4.48. The maximum atomic E-state index is 12.5. The van der Waals surface area contributed by atoms with Crippen molar-refractivity contribution in [2.24, 2.45) is 0 Å². The molecule has 0 aliphatic carbocycles. The predicted molar refractivity (Wildman–Crippen MR) is 110 cm³/mol. The Morgan fingerprint density at radius 2 is 1.85 bits per heavy atom. The third-order valence-electron chi connectivity index (χ3n) is 4.45. The number of aromatic nitrogens is 2. The molecule has 138 valence electrons. The summed E-state index contributed by atoms with van der Waals surface area (Å²) in [5.41, 5.74) is 1.27. The Kier molecular flexibility index (Phi) is 5.69. The molecule has 7 heteroatoms. The lowest BCUT2D eigenvalue weighted by molar-refractivity contribution is 0.0751. The number of hydrogen-bond acceptors (Lipinski definition) is 6. The minimum Gasteiger partial charge on any atom is -0.352 e. The first-order valence-electron chi connectivity index (χ1n) is 8.86. The highest BCUT2D eigenvalue weighted by Gasteiger charge is 2.23. The second kappa shape index (κ2) is 8.54. The van der Waals surface area contributed by atoms with Crippen LogP contribution in [0.3, 0.4) is 0 Å². The zero-order valence-electron chi connectivity index (χ0n) is 14.8. The number of carbonyl (C=O) groups excluding carboxylic acids is 1.